The summed E-state index contributed by atoms with van der Waals surface area (Å²) in [6.45, 7) is 5.05. The molecule has 0 spiro atoms. The summed E-state index contributed by atoms with van der Waals surface area (Å²) in [6.07, 6.45) is 2.96. The number of hydrogen-bond donors (Lipinski definition) is 0. The number of aryl methyl sites for hydroxylation is 1. The Bertz CT molecular complexity index is 1190. The average molecular weight is 441 g/mol. The predicted octanol–water partition coefficient (Wildman–Crippen LogP) is 2.29. The van der Waals surface area contributed by atoms with Crippen molar-refractivity contribution in [1.82, 2.24) is 24.5 Å². The van der Waals surface area contributed by atoms with Crippen molar-refractivity contribution in [3.05, 3.63) is 59.9 Å². The van der Waals surface area contributed by atoms with E-state index in [1.807, 2.05) is 19.9 Å². The second-order valence-electron chi connectivity index (χ2n) is 7.24. The summed E-state index contributed by atoms with van der Waals surface area (Å²) in [6, 6.07) is 12.1. The van der Waals surface area contributed by atoms with Crippen LogP contribution in [0.2, 0.25) is 0 Å². The van der Waals surface area contributed by atoms with Crippen LogP contribution in [-0.4, -0.2) is 58.5 Å². The Hall–Kier alpha value is -3.11. The molecule has 162 valence electrons. The fourth-order valence-corrected chi connectivity index (χ4v) is 5.38. The van der Waals surface area contributed by atoms with Crippen molar-refractivity contribution in [3.63, 3.8) is 0 Å². The number of amides is 1. The molecule has 0 bridgehead atoms. The number of anilines is 1. The molecule has 0 fully saturated rings. The first-order valence-electron chi connectivity index (χ1n) is 10.2. The van der Waals surface area contributed by atoms with Gasteiger partial charge >= 0.3 is 0 Å². The molecular weight excluding hydrogens is 416 g/mol. The minimum Gasteiger partial charge on any atom is -0.308 e. The van der Waals surface area contributed by atoms with E-state index < -0.39 is 10.0 Å². The van der Waals surface area contributed by atoms with Gasteiger partial charge in [0.25, 0.3) is 5.91 Å². The average Bonchev–Trinajstić information content (AvgIpc) is 3.33. The van der Waals surface area contributed by atoms with Gasteiger partial charge in [0.15, 0.2) is 0 Å². The van der Waals surface area contributed by atoms with E-state index in [1.54, 1.807) is 41.3 Å². The molecule has 0 N–H and O–H groups in total. The molecule has 9 nitrogen and oxygen atoms in total. The van der Waals surface area contributed by atoms with Crippen LogP contribution in [0.25, 0.3) is 5.69 Å². The lowest BCUT2D eigenvalue weighted by Crippen LogP contribution is -2.36. The van der Waals surface area contributed by atoms with Crippen LogP contribution in [0.4, 0.5) is 5.69 Å². The number of carbonyl (C=O) groups is 1. The van der Waals surface area contributed by atoms with Crippen molar-refractivity contribution in [2.24, 2.45) is 0 Å². The van der Waals surface area contributed by atoms with Gasteiger partial charge in [-0.05, 0) is 65.2 Å². The Kier molecular flexibility index (Phi) is 5.84. The molecular formula is C21H24N6O3S. The largest absolute Gasteiger partial charge is 0.308 e. The molecule has 1 aliphatic rings. The van der Waals surface area contributed by atoms with E-state index >= 15 is 0 Å². The van der Waals surface area contributed by atoms with Gasteiger partial charge in [-0.15, -0.1) is 5.10 Å². The number of rotatable bonds is 6. The normalized spacial score (nSPS) is 14.0. The first kappa shape index (κ1) is 21.1. The molecule has 1 aromatic heterocycles. The third kappa shape index (κ3) is 3.96. The summed E-state index contributed by atoms with van der Waals surface area (Å²) in [4.78, 5) is 15.3. The van der Waals surface area contributed by atoms with Crippen LogP contribution in [0.15, 0.2) is 53.7 Å². The van der Waals surface area contributed by atoms with Gasteiger partial charge in [0.2, 0.25) is 10.0 Å². The maximum Gasteiger partial charge on any atom is 0.258 e. The second kappa shape index (κ2) is 8.56. The molecule has 0 aliphatic carbocycles. The van der Waals surface area contributed by atoms with Crippen molar-refractivity contribution >= 4 is 21.6 Å². The van der Waals surface area contributed by atoms with E-state index in [9.17, 15) is 13.2 Å². The van der Waals surface area contributed by atoms with Crippen molar-refractivity contribution in [2.75, 3.05) is 24.5 Å². The fraction of sp³-hybridized carbons (Fsp3) is 0.333. The number of sulfonamides is 1. The zero-order valence-corrected chi connectivity index (χ0v) is 18.3. The monoisotopic (exact) mass is 440 g/mol. The lowest BCUT2D eigenvalue weighted by atomic mass is 10.0. The molecule has 2 aromatic carbocycles. The minimum absolute atomic E-state index is 0.143. The Morgan fingerprint density at radius 3 is 2.65 bits per heavy atom. The molecule has 0 unspecified atom stereocenters. The summed E-state index contributed by atoms with van der Waals surface area (Å²) >= 11 is 0. The second-order valence-corrected chi connectivity index (χ2v) is 9.18. The molecule has 0 atom stereocenters. The third-order valence-corrected chi connectivity index (χ3v) is 7.51. The highest BCUT2D eigenvalue weighted by molar-refractivity contribution is 7.89. The molecule has 1 aliphatic heterocycles. The minimum atomic E-state index is -3.55. The number of hydrogen-bond acceptors (Lipinski definition) is 6. The van der Waals surface area contributed by atoms with Crippen molar-refractivity contribution in [2.45, 2.75) is 31.6 Å². The topological polar surface area (TPSA) is 101 Å². The maximum absolute atomic E-state index is 13.3. The molecule has 0 saturated carbocycles. The molecule has 31 heavy (non-hydrogen) atoms. The van der Waals surface area contributed by atoms with E-state index in [0.717, 1.165) is 24.1 Å². The van der Waals surface area contributed by atoms with Crippen LogP contribution in [0.5, 0.6) is 0 Å². The molecule has 4 rings (SSSR count). The van der Waals surface area contributed by atoms with E-state index in [4.69, 9.17) is 0 Å². The first-order chi connectivity index (χ1) is 15.0. The highest BCUT2D eigenvalue weighted by Crippen LogP contribution is 2.31. The summed E-state index contributed by atoms with van der Waals surface area (Å²) in [5.41, 5.74) is 2.82. The standard InChI is InChI=1S/C21H24N6O3S/c1-3-25(4-2)31(29,30)19-10-11-20-16(14-19)8-6-12-26(20)21(28)17-7-5-9-18(13-17)27-15-22-23-24-27/h5,7,9-11,13-15H,3-4,6,8,12H2,1-2H3. The summed E-state index contributed by atoms with van der Waals surface area (Å²) < 4.78 is 28.7. The van der Waals surface area contributed by atoms with E-state index in [1.165, 1.54) is 15.3 Å². The number of fused-ring (bicyclic) bond motifs is 1. The molecule has 10 heteroatoms. The van der Waals surface area contributed by atoms with E-state index in [-0.39, 0.29) is 10.8 Å². The number of nitrogens with zero attached hydrogens (tertiary/aromatic N) is 6. The zero-order valence-electron chi connectivity index (χ0n) is 17.5. The molecule has 1 amide bonds. The van der Waals surface area contributed by atoms with Crippen LogP contribution in [-0.2, 0) is 16.4 Å². The molecule has 0 radical (unpaired) electrons. The Labute approximate surface area is 181 Å². The van der Waals surface area contributed by atoms with Crippen molar-refractivity contribution in [3.8, 4) is 5.69 Å². The quantitative estimate of drug-likeness (QED) is 0.583. The van der Waals surface area contributed by atoms with E-state index in [2.05, 4.69) is 15.5 Å². The van der Waals surface area contributed by atoms with Crippen LogP contribution in [0.1, 0.15) is 36.2 Å². The first-order valence-corrected chi connectivity index (χ1v) is 11.7. The van der Waals surface area contributed by atoms with Gasteiger partial charge < -0.3 is 4.90 Å². The zero-order chi connectivity index (χ0) is 22.0. The summed E-state index contributed by atoms with van der Waals surface area (Å²) in [5.74, 6) is -0.143. The fourth-order valence-electron chi connectivity index (χ4n) is 3.87. The molecule has 3 aromatic rings. The summed E-state index contributed by atoms with van der Waals surface area (Å²) in [5, 5.41) is 11.1. The predicted molar refractivity (Wildman–Crippen MR) is 116 cm³/mol. The van der Waals surface area contributed by atoms with Gasteiger partial charge in [-0.3, -0.25) is 4.79 Å². The van der Waals surface area contributed by atoms with Crippen LogP contribution < -0.4 is 4.90 Å². The van der Waals surface area contributed by atoms with Crippen molar-refractivity contribution < 1.29 is 13.2 Å². The Morgan fingerprint density at radius 2 is 1.94 bits per heavy atom. The SMILES string of the molecule is CCN(CC)S(=O)(=O)c1ccc2c(c1)CCCN2C(=O)c1cccc(-n2cnnn2)c1. The summed E-state index contributed by atoms with van der Waals surface area (Å²) in [7, 11) is -3.55. The highest BCUT2D eigenvalue weighted by Gasteiger charge is 2.27. The molecule has 0 saturated heterocycles. The van der Waals surface area contributed by atoms with Gasteiger partial charge in [-0.1, -0.05) is 19.9 Å². The number of aromatic nitrogens is 4. The third-order valence-electron chi connectivity index (χ3n) is 5.46. The number of benzene rings is 2. The van der Waals surface area contributed by atoms with Gasteiger partial charge in [0, 0.05) is 30.9 Å². The smallest absolute Gasteiger partial charge is 0.258 e. The maximum atomic E-state index is 13.3. The van der Waals surface area contributed by atoms with Gasteiger partial charge in [0.1, 0.15) is 6.33 Å². The highest BCUT2D eigenvalue weighted by atomic mass is 32.2. The van der Waals surface area contributed by atoms with Crippen molar-refractivity contribution in [1.29, 1.82) is 0 Å². The number of carbonyl (C=O) groups excluding carboxylic acids is 1. The van der Waals surface area contributed by atoms with Crippen LogP contribution in [0, 0.1) is 0 Å². The Morgan fingerprint density at radius 1 is 1.13 bits per heavy atom. The van der Waals surface area contributed by atoms with Gasteiger partial charge in [-0.2, -0.15) is 4.31 Å². The lowest BCUT2D eigenvalue weighted by molar-refractivity contribution is 0.0985. The van der Waals surface area contributed by atoms with Gasteiger partial charge in [0.05, 0.1) is 10.6 Å². The van der Waals surface area contributed by atoms with Crippen LogP contribution in [0.3, 0.4) is 0 Å². The molecule has 2 heterocycles. The van der Waals surface area contributed by atoms with Crippen LogP contribution >= 0.6 is 0 Å². The lowest BCUT2D eigenvalue weighted by Gasteiger charge is -2.30. The van der Waals surface area contributed by atoms with Gasteiger partial charge in [-0.25, -0.2) is 13.1 Å². The van der Waals surface area contributed by atoms with E-state index in [0.29, 0.717) is 30.9 Å². The Balaban J connectivity index is 1.66. The number of tetrazole rings is 1.